The van der Waals surface area contributed by atoms with E-state index in [2.05, 4.69) is 15.3 Å². The Balaban J connectivity index is 0.00000870. The number of amides is 3. The number of nitrogens with one attached hydrogen (secondary N) is 1. The van der Waals surface area contributed by atoms with E-state index >= 15 is 0 Å². The molecule has 9 N–H and O–H groups in total. The van der Waals surface area contributed by atoms with E-state index in [1.807, 2.05) is 24.3 Å². The molecule has 0 radical (unpaired) electrons. The average Bonchev–Trinajstić information content (AvgIpc) is 3.19. The number of ether oxygens (including phenoxy) is 2. The van der Waals surface area contributed by atoms with Gasteiger partial charge in [-0.05, 0) is 73.9 Å². The van der Waals surface area contributed by atoms with Crippen molar-refractivity contribution in [1.29, 1.82) is 0 Å². The smallest absolute Gasteiger partial charge is 0.283 e. The minimum Gasteiger partial charge on any atom is -1.00 e. The van der Waals surface area contributed by atoms with E-state index in [0.29, 0.717) is 28.2 Å². The van der Waals surface area contributed by atoms with Crippen molar-refractivity contribution >= 4 is 41.0 Å². The number of hydrogen-bond donors (Lipinski definition) is 7. The number of hydrogen-bond acceptors (Lipinski definition) is 13. The molecule has 0 saturated carbocycles. The standard InChI is InChI=1S/C38H53ClN8O9.ClH/c39-35-37(41)44-36(40)34(43-35)38(52)42-29-8-3-21-47(24-29,19-1-6-27-9-13-30(14-10-27)55-25-32(50)45(53)17-4-22-48)20-2-7-28-11-15-31(16-12-28)56-26-33(51)46(54)18-5-23-49;/h9-16,29,48-49,53-54H,1-8,17-26H2,(H4-,40,41,42,44,52);1H. The van der Waals surface area contributed by atoms with Gasteiger partial charge in [0.25, 0.3) is 17.7 Å². The number of benzene rings is 2. The Kier molecular flexibility index (Phi) is 19.5. The third-order valence-electron chi connectivity index (χ3n) is 9.65. The third-order valence-corrected chi connectivity index (χ3v) is 9.92. The van der Waals surface area contributed by atoms with Crippen LogP contribution in [0.25, 0.3) is 0 Å². The zero-order valence-electron chi connectivity index (χ0n) is 31.9. The Hall–Kier alpha value is -4.49. The van der Waals surface area contributed by atoms with E-state index in [9.17, 15) is 24.8 Å². The highest BCUT2D eigenvalue weighted by Crippen LogP contribution is 2.25. The van der Waals surface area contributed by atoms with Crippen LogP contribution in [0.1, 0.15) is 60.1 Å². The van der Waals surface area contributed by atoms with Crippen LogP contribution < -0.4 is 38.7 Å². The molecule has 2 aromatic carbocycles. The number of hydroxylamine groups is 4. The number of piperidine rings is 1. The molecule has 1 fully saturated rings. The second-order valence-electron chi connectivity index (χ2n) is 13.9. The number of aromatic nitrogens is 2. The van der Waals surface area contributed by atoms with Gasteiger partial charge in [0, 0.05) is 26.1 Å². The van der Waals surface area contributed by atoms with Crippen LogP contribution in [-0.2, 0) is 22.4 Å². The van der Waals surface area contributed by atoms with Gasteiger partial charge in [0.15, 0.2) is 35.7 Å². The lowest BCUT2D eigenvalue weighted by molar-refractivity contribution is -0.933. The quantitative estimate of drug-likeness (QED) is 0.0374. The predicted molar refractivity (Wildman–Crippen MR) is 207 cm³/mol. The molecule has 1 aliphatic rings. The topological polar surface area (TPSA) is 247 Å². The zero-order chi connectivity index (χ0) is 40.5. The first-order chi connectivity index (χ1) is 26.9. The Bertz CT molecular complexity index is 1640. The van der Waals surface area contributed by atoms with Gasteiger partial charge in [-0.2, -0.15) is 0 Å². The fourth-order valence-electron chi connectivity index (χ4n) is 6.69. The molecule has 57 heavy (non-hydrogen) atoms. The summed E-state index contributed by atoms with van der Waals surface area (Å²) in [7, 11) is 0. The van der Waals surface area contributed by atoms with Gasteiger partial charge in [-0.1, -0.05) is 35.9 Å². The van der Waals surface area contributed by atoms with Crippen LogP contribution in [-0.4, -0.2) is 135 Å². The number of nitrogens with zero attached hydrogens (tertiary/aromatic N) is 5. The van der Waals surface area contributed by atoms with Crippen molar-refractivity contribution in [2.45, 2.75) is 57.4 Å². The summed E-state index contributed by atoms with van der Waals surface area (Å²) < 4.78 is 11.9. The molecule has 1 aliphatic heterocycles. The molecule has 3 aromatic rings. The first-order valence-electron chi connectivity index (χ1n) is 18.8. The number of rotatable bonds is 22. The van der Waals surface area contributed by atoms with Crippen LogP contribution >= 0.6 is 11.6 Å². The molecule has 1 unspecified atom stereocenters. The number of quaternary nitrogens is 1. The van der Waals surface area contributed by atoms with Gasteiger partial charge in [0.2, 0.25) is 0 Å². The summed E-state index contributed by atoms with van der Waals surface area (Å²) in [6, 6.07) is 14.9. The molecule has 17 nitrogen and oxygen atoms in total. The number of carbonyl (C=O) groups is 3. The van der Waals surface area contributed by atoms with Crippen LogP contribution in [0, 0.1) is 0 Å². The maximum atomic E-state index is 13.3. The first kappa shape index (κ1) is 46.9. The Labute approximate surface area is 343 Å². The van der Waals surface area contributed by atoms with Crippen LogP contribution in [0.4, 0.5) is 11.6 Å². The molecule has 0 aliphatic carbocycles. The number of carbonyl (C=O) groups excluding carboxylic acids is 3. The minimum atomic E-state index is -0.595. The second-order valence-corrected chi connectivity index (χ2v) is 14.3. The third kappa shape index (κ3) is 15.1. The van der Waals surface area contributed by atoms with Crippen LogP contribution in [0.3, 0.4) is 0 Å². The number of likely N-dealkylation sites (tertiary alicyclic amines) is 1. The predicted octanol–water partition coefficient (Wildman–Crippen LogP) is -0.769. The van der Waals surface area contributed by atoms with Crippen molar-refractivity contribution in [2.75, 3.05) is 77.2 Å². The molecular weight excluding hydrogens is 783 g/mol. The maximum Gasteiger partial charge on any atom is 0.283 e. The molecule has 0 bridgehead atoms. The minimum absolute atomic E-state index is 0. The lowest BCUT2D eigenvalue weighted by atomic mass is 9.99. The van der Waals surface area contributed by atoms with E-state index in [1.54, 1.807) is 24.3 Å². The summed E-state index contributed by atoms with van der Waals surface area (Å²) in [5.74, 6) is -0.776. The van der Waals surface area contributed by atoms with Crippen LogP contribution in [0.2, 0.25) is 5.15 Å². The van der Waals surface area contributed by atoms with Gasteiger partial charge in [-0.15, -0.1) is 0 Å². The van der Waals surface area contributed by atoms with Crippen molar-refractivity contribution in [3.05, 3.63) is 70.5 Å². The number of nitrogens with two attached hydrogens (primary N) is 2. The highest BCUT2D eigenvalue weighted by atomic mass is 35.5. The van der Waals surface area contributed by atoms with Gasteiger partial charge in [0.1, 0.15) is 11.5 Å². The van der Waals surface area contributed by atoms with Gasteiger partial charge < -0.3 is 53.4 Å². The van der Waals surface area contributed by atoms with E-state index in [-0.39, 0.29) is 93.3 Å². The Morgan fingerprint density at radius 1 is 0.789 bits per heavy atom. The van der Waals surface area contributed by atoms with E-state index in [1.165, 1.54) is 0 Å². The average molecular weight is 838 g/mol. The number of halogens is 2. The number of nitrogen functional groups attached to an aromatic ring is 2. The molecule has 1 atom stereocenters. The summed E-state index contributed by atoms with van der Waals surface area (Å²) in [6.45, 7) is 2.55. The molecule has 2 heterocycles. The molecule has 314 valence electrons. The number of anilines is 2. The largest absolute Gasteiger partial charge is 1.00 e. The fourth-order valence-corrected chi connectivity index (χ4v) is 6.82. The van der Waals surface area contributed by atoms with Gasteiger partial charge >= 0.3 is 0 Å². The highest BCUT2D eigenvalue weighted by Gasteiger charge is 2.35. The summed E-state index contributed by atoms with van der Waals surface area (Å²) in [5.41, 5.74) is 13.8. The SMILES string of the molecule is Nc1nc(N)c(C(=O)NC2CCC[N+](CCCc3ccc(OCC(=O)N(O)CCCO)cc3)(CCCc3ccc(OCC(=O)N(O)CCCO)cc3)C2)nc1Cl.[Cl-]. The normalized spacial score (nSPS) is 14.6. The number of aliphatic hydroxyl groups excluding tert-OH is 2. The van der Waals surface area contributed by atoms with Crippen molar-refractivity contribution in [2.24, 2.45) is 0 Å². The molecule has 4 rings (SSSR count). The lowest BCUT2D eigenvalue weighted by Gasteiger charge is -2.45. The van der Waals surface area contributed by atoms with Crippen molar-refractivity contribution < 1.29 is 61.4 Å². The first-order valence-corrected chi connectivity index (χ1v) is 19.2. The van der Waals surface area contributed by atoms with Crippen molar-refractivity contribution in [1.82, 2.24) is 25.4 Å². The van der Waals surface area contributed by atoms with Crippen LogP contribution in [0.5, 0.6) is 11.5 Å². The zero-order valence-corrected chi connectivity index (χ0v) is 33.4. The Morgan fingerprint density at radius 3 is 1.75 bits per heavy atom. The summed E-state index contributed by atoms with van der Waals surface area (Å²) in [4.78, 5) is 45.4. The number of aryl methyl sites for hydroxylation is 2. The number of aliphatic hydroxyl groups is 2. The van der Waals surface area contributed by atoms with Crippen LogP contribution in [0.15, 0.2) is 48.5 Å². The fraction of sp³-hybridized carbons (Fsp3) is 0.500. The monoisotopic (exact) mass is 836 g/mol. The summed E-state index contributed by atoms with van der Waals surface area (Å²) >= 11 is 6.05. The van der Waals surface area contributed by atoms with Crippen molar-refractivity contribution in [3.63, 3.8) is 0 Å². The highest BCUT2D eigenvalue weighted by molar-refractivity contribution is 6.31. The summed E-state index contributed by atoms with van der Waals surface area (Å²) in [5, 5.41) is 41.4. The molecule has 3 amide bonds. The second kappa shape index (κ2) is 23.7. The molecule has 1 saturated heterocycles. The van der Waals surface area contributed by atoms with E-state index < -0.39 is 17.7 Å². The lowest BCUT2D eigenvalue weighted by Crippen LogP contribution is -3.00. The molecular formula is C38H54Cl2N8O9. The maximum absolute atomic E-state index is 13.3. The molecule has 1 aromatic heterocycles. The van der Waals surface area contributed by atoms with Gasteiger partial charge in [0.05, 0.1) is 45.3 Å². The van der Waals surface area contributed by atoms with E-state index in [0.717, 1.165) is 73.8 Å². The summed E-state index contributed by atoms with van der Waals surface area (Å²) in [6.07, 6.45) is 5.60. The van der Waals surface area contributed by atoms with Gasteiger partial charge in [-0.3, -0.25) is 24.8 Å². The van der Waals surface area contributed by atoms with E-state index in [4.69, 9.17) is 42.8 Å². The Morgan fingerprint density at radius 2 is 1.28 bits per heavy atom. The molecule has 19 heteroatoms. The van der Waals surface area contributed by atoms with Crippen molar-refractivity contribution in [3.8, 4) is 11.5 Å². The van der Waals surface area contributed by atoms with Gasteiger partial charge in [-0.25, -0.2) is 20.1 Å². The molecule has 0 spiro atoms.